The molecule has 0 amide bonds. The van der Waals surface area contributed by atoms with Crippen molar-refractivity contribution in [3.63, 3.8) is 0 Å². The van der Waals surface area contributed by atoms with Gasteiger partial charge in [-0.1, -0.05) is 133 Å². The minimum Gasteiger partial charge on any atom is -0.508 e. The number of hydrogen-bond donors (Lipinski definition) is 2. The summed E-state index contributed by atoms with van der Waals surface area (Å²) < 4.78 is 11.0. The van der Waals surface area contributed by atoms with Crippen LogP contribution in [0, 0.1) is 5.41 Å². The van der Waals surface area contributed by atoms with E-state index in [9.17, 15) is 24.6 Å². The molecule has 2 aromatic carbocycles. The smallest absolute Gasteiger partial charge is 0.311 e. The Hall–Kier alpha value is -5.95. The van der Waals surface area contributed by atoms with Gasteiger partial charge in [-0.15, -0.1) is 0 Å². The molecule has 2 aromatic rings. The number of Topliss-reactive ketones (excluding diaryl/α,β-unsaturated/α-hetero) is 1. The molecular weight excluding hydrogens is 689 g/mol. The van der Waals surface area contributed by atoms with Crippen molar-refractivity contribution in [2.45, 2.75) is 80.8 Å². The van der Waals surface area contributed by atoms with Crippen LogP contribution in [0.2, 0.25) is 0 Å². The first-order valence-electron chi connectivity index (χ1n) is 18.4. The van der Waals surface area contributed by atoms with Gasteiger partial charge in [0.15, 0.2) is 11.9 Å². The van der Waals surface area contributed by atoms with Gasteiger partial charge in [-0.05, 0) is 93.5 Å². The molecule has 1 unspecified atom stereocenters. The topological polar surface area (TPSA) is 110 Å². The average molecular weight is 743 g/mol. The second-order valence-electron chi connectivity index (χ2n) is 14.5. The Kier molecular flexibility index (Phi) is 16.6. The van der Waals surface area contributed by atoms with Crippen molar-refractivity contribution in [2.24, 2.45) is 5.41 Å². The van der Waals surface area contributed by atoms with Crippen LogP contribution in [0.1, 0.15) is 85.8 Å². The summed E-state index contributed by atoms with van der Waals surface area (Å²) in [6.45, 7) is 16.1. The molecule has 0 saturated heterocycles. The number of ketones is 1. The van der Waals surface area contributed by atoms with Gasteiger partial charge in [-0.3, -0.25) is 14.4 Å². The zero-order valence-electron chi connectivity index (χ0n) is 33.3. The van der Waals surface area contributed by atoms with E-state index in [1.165, 1.54) is 29.3 Å². The van der Waals surface area contributed by atoms with Crippen LogP contribution in [0.3, 0.4) is 0 Å². The highest BCUT2D eigenvalue weighted by Crippen LogP contribution is 2.41. The Bertz CT molecular complexity index is 1990. The van der Waals surface area contributed by atoms with Gasteiger partial charge in [0.25, 0.3) is 0 Å². The molecule has 0 aromatic heterocycles. The summed E-state index contributed by atoms with van der Waals surface area (Å²) in [5, 5.41) is 19.3. The second kappa shape index (κ2) is 21.1. The predicted octanol–water partition coefficient (Wildman–Crippen LogP) is 11.2. The number of benzene rings is 2. The van der Waals surface area contributed by atoms with Crippen molar-refractivity contribution in [3.05, 3.63) is 160 Å². The van der Waals surface area contributed by atoms with Gasteiger partial charge in [0.05, 0.1) is 12.8 Å². The fourth-order valence-corrected chi connectivity index (χ4v) is 5.69. The number of esters is 2. The van der Waals surface area contributed by atoms with E-state index >= 15 is 0 Å². The first kappa shape index (κ1) is 43.5. The van der Waals surface area contributed by atoms with Crippen LogP contribution in [-0.4, -0.2) is 34.0 Å². The first-order chi connectivity index (χ1) is 26.0. The van der Waals surface area contributed by atoms with Crippen LogP contribution >= 0.6 is 0 Å². The number of phenolic OH excluding ortho intramolecular Hbond substituents is 2. The summed E-state index contributed by atoms with van der Waals surface area (Å²) in [5.74, 6) is -1.25. The molecule has 0 spiro atoms. The molecule has 288 valence electrons. The molecule has 0 radical (unpaired) electrons. The summed E-state index contributed by atoms with van der Waals surface area (Å²) in [6, 6.07) is 11.0. The molecule has 1 aliphatic rings. The van der Waals surface area contributed by atoms with Gasteiger partial charge in [-0.25, -0.2) is 0 Å². The minimum absolute atomic E-state index is 0.0422. The van der Waals surface area contributed by atoms with Gasteiger partial charge in [-0.2, -0.15) is 0 Å². The number of hydrogen-bond acceptors (Lipinski definition) is 7. The molecule has 1 atom stereocenters. The van der Waals surface area contributed by atoms with Gasteiger partial charge in [0, 0.05) is 12.5 Å². The Labute approximate surface area is 326 Å². The maximum absolute atomic E-state index is 13.3. The van der Waals surface area contributed by atoms with E-state index in [0.29, 0.717) is 23.3 Å². The monoisotopic (exact) mass is 742 g/mol. The Balaban J connectivity index is 1.50. The van der Waals surface area contributed by atoms with E-state index in [4.69, 9.17) is 9.47 Å². The molecule has 0 saturated carbocycles. The van der Waals surface area contributed by atoms with Gasteiger partial charge in [0.1, 0.15) is 17.2 Å². The van der Waals surface area contributed by atoms with E-state index in [1.807, 2.05) is 76.3 Å². The first-order valence-corrected chi connectivity index (χ1v) is 18.4. The maximum atomic E-state index is 13.3. The van der Waals surface area contributed by atoms with Crippen LogP contribution in [0.4, 0.5) is 0 Å². The minimum atomic E-state index is -0.929. The summed E-state index contributed by atoms with van der Waals surface area (Å²) in [7, 11) is 0. The maximum Gasteiger partial charge on any atom is 0.311 e. The number of rotatable bonds is 15. The lowest BCUT2D eigenvalue weighted by atomic mass is 9.71. The Morgan fingerprint density at radius 2 is 1.24 bits per heavy atom. The quantitative estimate of drug-likeness (QED) is 0.0809. The highest BCUT2D eigenvalue weighted by molar-refractivity contribution is 6.01. The van der Waals surface area contributed by atoms with E-state index < -0.39 is 23.5 Å². The van der Waals surface area contributed by atoms with Crippen LogP contribution < -0.4 is 4.74 Å². The van der Waals surface area contributed by atoms with Crippen LogP contribution in [0.15, 0.2) is 149 Å². The fourth-order valence-electron chi connectivity index (χ4n) is 5.69. The third-order valence-electron chi connectivity index (χ3n) is 8.65. The van der Waals surface area contributed by atoms with E-state index in [-0.39, 0.29) is 30.1 Å². The van der Waals surface area contributed by atoms with Crippen molar-refractivity contribution in [2.75, 3.05) is 0 Å². The number of phenols is 2. The van der Waals surface area contributed by atoms with Gasteiger partial charge < -0.3 is 19.7 Å². The summed E-state index contributed by atoms with van der Waals surface area (Å²) >= 11 is 0. The van der Waals surface area contributed by atoms with Gasteiger partial charge >= 0.3 is 11.9 Å². The second-order valence-corrected chi connectivity index (χ2v) is 14.5. The average Bonchev–Trinajstić information content (AvgIpc) is 3.10. The molecule has 0 bridgehead atoms. The molecule has 3 rings (SSSR count). The Morgan fingerprint density at radius 1 is 0.709 bits per heavy atom. The summed E-state index contributed by atoms with van der Waals surface area (Å²) in [4.78, 5) is 38.5. The molecule has 7 nitrogen and oxygen atoms in total. The van der Waals surface area contributed by atoms with Crippen molar-refractivity contribution >= 4 is 29.9 Å². The predicted molar refractivity (Wildman–Crippen MR) is 223 cm³/mol. The van der Waals surface area contributed by atoms with Crippen LogP contribution in [0.25, 0.3) is 12.2 Å². The number of allylic oxidation sites excluding steroid dienone is 17. The zero-order chi connectivity index (χ0) is 40.5. The third kappa shape index (κ3) is 15.5. The SMILES string of the molecule is CC(C)=CC=CC(C)=CC=CC=C(C)C=CC=C(C)C=CC1=C(C)C(=O)C(OC(=O)CCC(=O)Oc2ccc(C=Cc3cc(O)cc(O)c3)cc2)CC1(C)C. The molecule has 7 heteroatoms. The normalized spacial score (nSPS) is 17.0. The Morgan fingerprint density at radius 3 is 1.84 bits per heavy atom. The molecule has 1 aliphatic carbocycles. The molecule has 55 heavy (non-hydrogen) atoms. The summed E-state index contributed by atoms with van der Waals surface area (Å²) in [6.07, 6.45) is 26.9. The lowest BCUT2D eigenvalue weighted by Crippen LogP contribution is -2.39. The standard InChI is InChI=1S/C48H54O7/c1-33(2)13-11-16-34(3)14-9-10-15-35(4)17-12-18-36(5)19-26-43-37(6)47(53)44(32-48(43,7)8)55-46(52)28-27-45(51)54-42-24-22-38(23-25-42)20-21-39-29-40(49)31-41(50)30-39/h9-26,29-31,44,49-50H,27-28,32H2,1-8H3. The van der Waals surface area contributed by atoms with Crippen molar-refractivity contribution in [1.29, 1.82) is 0 Å². The van der Waals surface area contributed by atoms with Crippen molar-refractivity contribution in [3.8, 4) is 17.2 Å². The van der Waals surface area contributed by atoms with Crippen molar-refractivity contribution in [1.82, 2.24) is 0 Å². The number of aromatic hydroxyl groups is 2. The number of ether oxygens (including phenoxy) is 2. The number of carbonyl (C=O) groups excluding carboxylic acids is 3. The number of carbonyl (C=O) groups is 3. The largest absolute Gasteiger partial charge is 0.508 e. The molecule has 2 N–H and O–H groups in total. The highest BCUT2D eigenvalue weighted by Gasteiger charge is 2.39. The summed E-state index contributed by atoms with van der Waals surface area (Å²) in [5.41, 5.74) is 7.00. The van der Waals surface area contributed by atoms with E-state index in [0.717, 1.165) is 22.3 Å². The van der Waals surface area contributed by atoms with Crippen LogP contribution in [0.5, 0.6) is 17.2 Å². The van der Waals surface area contributed by atoms with E-state index in [1.54, 1.807) is 43.3 Å². The van der Waals surface area contributed by atoms with Gasteiger partial charge in [0.2, 0.25) is 0 Å². The zero-order valence-corrected chi connectivity index (χ0v) is 33.3. The van der Waals surface area contributed by atoms with E-state index in [2.05, 4.69) is 45.1 Å². The molecule has 0 heterocycles. The third-order valence-corrected chi connectivity index (χ3v) is 8.65. The fraction of sp³-hybridized carbons (Fsp3) is 0.271. The highest BCUT2D eigenvalue weighted by atomic mass is 16.6. The van der Waals surface area contributed by atoms with Crippen LogP contribution in [-0.2, 0) is 19.1 Å². The molecular formula is C48H54O7. The molecule has 0 aliphatic heterocycles. The van der Waals surface area contributed by atoms with Crippen molar-refractivity contribution < 1.29 is 34.1 Å². The lowest BCUT2D eigenvalue weighted by Gasteiger charge is -2.36. The molecule has 0 fully saturated rings. The lowest BCUT2D eigenvalue weighted by molar-refractivity contribution is -0.157.